The summed E-state index contributed by atoms with van der Waals surface area (Å²) in [6, 6.07) is 0. The van der Waals surface area contributed by atoms with Crippen molar-refractivity contribution in [2.45, 2.75) is 20.3 Å². The molecule has 15 heavy (non-hydrogen) atoms. The van der Waals surface area contributed by atoms with E-state index in [-0.39, 0.29) is 11.1 Å². The fraction of sp³-hybridized carbons (Fsp3) is 0.444. The van der Waals surface area contributed by atoms with Crippen LogP contribution < -0.4 is 5.32 Å². The quantitative estimate of drug-likeness (QED) is 0.581. The lowest BCUT2D eigenvalue weighted by molar-refractivity contribution is -0.117. The number of methoxy groups -OCH3 is 1. The van der Waals surface area contributed by atoms with E-state index in [2.05, 4.69) is 15.0 Å². The highest BCUT2D eigenvalue weighted by molar-refractivity contribution is 8.16. The number of allylic oxidation sites excluding steroid dienone is 1. The molecule has 6 heteroatoms. The van der Waals surface area contributed by atoms with E-state index in [1.54, 1.807) is 18.4 Å². The number of hydrogen-bond donors (Lipinski definition) is 1. The number of amidine groups is 1. The highest BCUT2D eigenvalue weighted by Crippen LogP contribution is 2.04. The zero-order valence-electron chi connectivity index (χ0n) is 8.94. The van der Waals surface area contributed by atoms with Crippen LogP contribution in [0, 0.1) is 0 Å². The summed E-state index contributed by atoms with van der Waals surface area (Å²) >= 11 is 1.15. The van der Waals surface area contributed by atoms with Crippen LogP contribution in [0.1, 0.15) is 20.3 Å². The maximum atomic E-state index is 11.0. The molecule has 0 aliphatic heterocycles. The van der Waals surface area contributed by atoms with Gasteiger partial charge in [0.2, 0.25) is 5.91 Å². The Labute approximate surface area is 93.0 Å². The molecule has 0 aromatic carbocycles. The van der Waals surface area contributed by atoms with Gasteiger partial charge in [-0.3, -0.25) is 10.1 Å². The van der Waals surface area contributed by atoms with Gasteiger partial charge in [-0.25, -0.2) is 4.79 Å². The van der Waals surface area contributed by atoms with Gasteiger partial charge >= 0.3 is 6.09 Å². The van der Waals surface area contributed by atoms with Crippen molar-refractivity contribution >= 4 is 28.9 Å². The second kappa shape index (κ2) is 8.05. The van der Waals surface area contributed by atoms with Gasteiger partial charge in [-0.05, 0) is 12.3 Å². The first-order chi connectivity index (χ1) is 7.13. The first-order valence-electron chi connectivity index (χ1n) is 4.38. The largest absolute Gasteiger partial charge is 0.453 e. The van der Waals surface area contributed by atoms with Crippen LogP contribution in [-0.4, -0.2) is 24.3 Å². The van der Waals surface area contributed by atoms with Crippen molar-refractivity contribution < 1.29 is 14.3 Å². The summed E-state index contributed by atoms with van der Waals surface area (Å²) in [5.74, 6) is -0.293. The minimum atomic E-state index is -0.644. The summed E-state index contributed by atoms with van der Waals surface area (Å²) in [5.41, 5.74) is 0. The number of ether oxygens (including phenoxy) is 1. The van der Waals surface area contributed by atoms with Crippen LogP contribution in [0.15, 0.2) is 16.5 Å². The molecule has 0 aromatic heterocycles. The van der Waals surface area contributed by atoms with Crippen LogP contribution in [0.4, 0.5) is 4.79 Å². The molecule has 2 amide bonds. The Bertz CT molecular complexity index is 287. The summed E-state index contributed by atoms with van der Waals surface area (Å²) in [4.78, 5) is 25.6. The lowest BCUT2D eigenvalue weighted by atomic mass is 10.5. The topological polar surface area (TPSA) is 67.8 Å². The van der Waals surface area contributed by atoms with E-state index in [1.165, 1.54) is 7.11 Å². The van der Waals surface area contributed by atoms with Crippen molar-refractivity contribution in [1.82, 2.24) is 5.32 Å². The number of rotatable bonds is 2. The molecule has 0 fully saturated rings. The monoisotopic (exact) mass is 230 g/mol. The molecule has 0 aliphatic carbocycles. The molecule has 0 saturated carbocycles. The average molecular weight is 230 g/mol. The van der Waals surface area contributed by atoms with Crippen molar-refractivity contribution in [3.8, 4) is 0 Å². The van der Waals surface area contributed by atoms with Crippen LogP contribution in [0.25, 0.3) is 0 Å². The molecular formula is C9H14N2O3S. The molecule has 0 spiro atoms. The molecular weight excluding hydrogens is 216 g/mol. The molecule has 0 atom stereocenters. The first kappa shape index (κ1) is 13.7. The molecule has 0 aliphatic rings. The Balaban J connectivity index is 4.49. The van der Waals surface area contributed by atoms with Crippen molar-refractivity contribution in [2.75, 3.05) is 7.11 Å². The van der Waals surface area contributed by atoms with Gasteiger partial charge < -0.3 is 4.74 Å². The zero-order valence-corrected chi connectivity index (χ0v) is 9.76. The molecule has 0 saturated heterocycles. The number of nitrogens with one attached hydrogen (secondary N) is 1. The fourth-order valence-corrected chi connectivity index (χ4v) is 1.11. The maximum Gasteiger partial charge on any atom is 0.412 e. The summed E-state index contributed by atoms with van der Waals surface area (Å²) in [6.07, 6.45) is 1.42. The second-order valence-electron chi connectivity index (χ2n) is 2.37. The number of carbonyl (C=O) groups is 2. The molecule has 0 radical (unpaired) electrons. The van der Waals surface area contributed by atoms with E-state index in [9.17, 15) is 9.59 Å². The normalized spacial score (nSPS) is 11.5. The Morgan fingerprint density at radius 1 is 1.53 bits per heavy atom. The fourth-order valence-electron chi connectivity index (χ4n) is 0.547. The number of thioether (sulfide) groups is 1. The van der Waals surface area contributed by atoms with Gasteiger partial charge in [0.15, 0.2) is 5.17 Å². The molecule has 0 rings (SSSR count). The third kappa shape index (κ3) is 6.73. The van der Waals surface area contributed by atoms with E-state index in [0.29, 0.717) is 6.42 Å². The van der Waals surface area contributed by atoms with E-state index < -0.39 is 6.09 Å². The van der Waals surface area contributed by atoms with Gasteiger partial charge in [0.05, 0.1) is 7.11 Å². The lowest BCUT2D eigenvalue weighted by Crippen LogP contribution is -2.28. The van der Waals surface area contributed by atoms with Crippen LogP contribution in [0.5, 0.6) is 0 Å². The van der Waals surface area contributed by atoms with Crippen molar-refractivity contribution in [2.24, 2.45) is 4.99 Å². The van der Waals surface area contributed by atoms with Gasteiger partial charge in [0, 0.05) is 6.42 Å². The summed E-state index contributed by atoms with van der Waals surface area (Å²) < 4.78 is 4.40. The van der Waals surface area contributed by atoms with Crippen molar-refractivity contribution in [3.63, 3.8) is 0 Å². The summed E-state index contributed by atoms with van der Waals surface area (Å²) in [6.45, 7) is 3.52. The smallest absolute Gasteiger partial charge is 0.412 e. The van der Waals surface area contributed by atoms with E-state index in [0.717, 1.165) is 11.8 Å². The molecule has 5 nitrogen and oxygen atoms in total. The average Bonchev–Trinajstić information content (AvgIpc) is 2.25. The van der Waals surface area contributed by atoms with Crippen molar-refractivity contribution in [1.29, 1.82) is 0 Å². The molecule has 0 aromatic rings. The van der Waals surface area contributed by atoms with Crippen LogP contribution in [0.2, 0.25) is 0 Å². The number of nitrogens with zero attached hydrogens (tertiary/aromatic N) is 1. The van der Waals surface area contributed by atoms with Gasteiger partial charge in [0.1, 0.15) is 0 Å². The highest BCUT2D eigenvalue weighted by Gasteiger charge is 2.06. The minimum Gasteiger partial charge on any atom is -0.453 e. The maximum absolute atomic E-state index is 11.0. The van der Waals surface area contributed by atoms with E-state index >= 15 is 0 Å². The second-order valence-corrected chi connectivity index (χ2v) is 3.26. The molecule has 1 N–H and O–H groups in total. The number of amides is 2. The van der Waals surface area contributed by atoms with Crippen LogP contribution in [-0.2, 0) is 9.53 Å². The molecule has 0 unspecified atom stereocenters. The first-order valence-corrected chi connectivity index (χ1v) is 5.26. The summed E-state index contributed by atoms with van der Waals surface area (Å²) in [5, 5.41) is 4.27. The molecule has 0 bridgehead atoms. The predicted molar refractivity (Wildman–Crippen MR) is 60.7 cm³/mol. The van der Waals surface area contributed by atoms with Gasteiger partial charge in [-0.15, -0.1) is 0 Å². The number of hydrogen-bond acceptors (Lipinski definition) is 4. The number of carbonyl (C=O) groups excluding carboxylic acids is 2. The third-order valence-corrected chi connectivity index (χ3v) is 2.06. The lowest BCUT2D eigenvalue weighted by Gasteiger charge is -2.03. The van der Waals surface area contributed by atoms with Crippen LogP contribution >= 0.6 is 11.8 Å². The van der Waals surface area contributed by atoms with Gasteiger partial charge in [-0.2, -0.15) is 4.99 Å². The zero-order chi connectivity index (χ0) is 11.7. The highest BCUT2D eigenvalue weighted by atomic mass is 32.2. The van der Waals surface area contributed by atoms with Gasteiger partial charge in [0.25, 0.3) is 0 Å². The minimum absolute atomic E-state index is 0.215. The molecule has 0 heterocycles. The Morgan fingerprint density at radius 3 is 2.67 bits per heavy atom. The molecule has 84 valence electrons. The standard InChI is InChI=1S/C9H14N2O3S/c1-4-6-15-8(10-7(12)5-2)11-9(13)14-3/h4,6H,5H2,1-3H3,(H,10,11,12,13). The van der Waals surface area contributed by atoms with Gasteiger partial charge in [-0.1, -0.05) is 24.8 Å². The van der Waals surface area contributed by atoms with E-state index in [1.807, 2.05) is 6.92 Å². The Kier molecular flexibility index (Phi) is 7.35. The van der Waals surface area contributed by atoms with Crippen LogP contribution in [0.3, 0.4) is 0 Å². The number of alkyl carbamates (subject to hydrolysis) is 1. The van der Waals surface area contributed by atoms with Crippen molar-refractivity contribution in [3.05, 3.63) is 11.5 Å². The van der Waals surface area contributed by atoms with E-state index in [4.69, 9.17) is 0 Å². The predicted octanol–water partition coefficient (Wildman–Crippen LogP) is 1.90. The summed E-state index contributed by atoms with van der Waals surface area (Å²) in [7, 11) is 1.24. The Hall–Kier alpha value is -1.30. The SMILES string of the molecule is CC=CSC(=NC(=O)CC)NC(=O)OC. The third-order valence-electron chi connectivity index (χ3n) is 1.24. The number of aliphatic imine (C=N–C) groups is 1. The Morgan fingerprint density at radius 2 is 2.20 bits per heavy atom.